The van der Waals surface area contributed by atoms with Crippen LogP contribution in [0.5, 0.6) is 0 Å². The lowest BCUT2D eigenvalue weighted by Crippen LogP contribution is -2.49. The first-order chi connectivity index (χ1) is 9.98. The van der Waals surface area contributed by atoms with Gasteiger partial charge in [-0.05, 0) is 59.3 Å². The molecule has 1 fully saturated rings. The molecule has 3 N–H and O–H groups in total. The maximum absolute atomic E-state index is 12.4. The molecule has 22 heavy (non-hydrogen) atoms. The third kappa shape index (κ3) is 7.56. The molecule has 1 aliphatic rings. The molecule has 1 amide bonds. The zero-order valence-electron chi connectivity index (χ0n) is 15.4. The number of amides is 1. The summed E-state index contributed by atoms with van der Waals surface area (Å²) in [4.78, 5) is 16.9. The Morgan fingerprint density at radius 2 is 1.77 bits per heavy atom. The number of nitrogens with one attached hydrogen (secondary N) is 1. The number of piperidine rings is 1. The lowest BCUT2D eigenvalue weighted by Gasteiger charge is -2.36. The van der Waals surface area contributed by atoms with Crippen molar-refractivity contribution in [1.29, 1.82) is 0 Å². The molecule has 0 aliphatic carbocycles. The van der Waals surface area contributed by atoms with Crippen LogP contribution in [0.25, 0.3) is 0 Å². The van der Waals surface area contributed by atoms with Crippen LogP contribution < -0.4 is 11.1 Å². The predicted octanol–water partition coefficient (Wildman–Crippen LogP) is 1.14. The second-order valence-electron chi connectivity index (χ2n) is 8.66. The second kappa shape index (κ2) is 7.75. The quantitative estimate of drug-likeness (QED) is 0.740. The first kappa shape index (κ1) is 19.4. The Labute approximate surface area is 136 Å². The Kier molecular flexibility index (Phi) is 6.84. The summed E-state index contributed by atoms with van der Waals surface area (Å²) in [5.74, 6) is 0.380. The number of likely N-dealkylation sites (tertiary alicyclic amines) is 1. The molecule has 5 heteroatoms. The van der Waals surface area contributed by atoms with Crippen LogP contribution >= 0.6 is 0 Å². The van der Waals surface area contributed by atoms with Gasteiger partial charge in [0.05, 0.1) is 0 Å². The summed E-state index contributed by atoms with van der Waals surface area (Å²) in [7, 11) is 4.14. The molecule has 1 saturated heterocycles. The summed E-state index contributed by atoms with van der Waals surface area (Å²) in [6.07, 6.45) is 1.88. The van der Waals surface area contributed by atoms with E-state index < -0.39 is 0 Å². The summed E-state index contributed by atoms with van der Waals surface area (Å²) in [5, 5.41) is 3.15. The van der Waals surface area contributed by atoms with Crippen molar-refractivity contribution in [2.75, 3.05) is 46.8 Å². The fraction of sp³-hybridized carbons (Fsp3) is 0.941. The van der Waals surface area contributed by atoms with Crippen LogP contribution in [0.4, 0.5) is 0 Å². The van der Waals surface area contributed by atoms with Crippen molar-refractivity contribution in [1.82, 2.24) is 15.1 Å². The Bertz CT molecular complexity index is 352. The van der Waals surface area contributed by atoms with Gasteiger partial charge in [0.15, 0.2) is 0 Å². The van der Waals surface area contributed by atoms with Gasteiger partial charge in [0.2, 0.25) is 5.91 Å². The molecule has 0 bridgehead atoms. The largest absolute Gasteiger partial charge is 0.355 e. The molecular weight excluding hydrogens is 276 g/mol. The van der Waals surface area contributed by atoms with Crippen LogP contribution in [0.1, 0.15) is 40.5 Å². The van der Waals surface area contributed by atoms with Gasteiger partial charge in [-0.1, -0.05) is 13.8 Å². The summed E-state index contributed by atoms with van der Waals surface area (Å²) in [5.41, 5.74) is 6.01. The normalized spacial score (nSPS) is 18.7. The van der Waals surface area contributed by atoms with Crippen molar-refractivity contribution in [3.63, 3.8) is 0 Å². The molecule has 0 aromatic carbocycles. The van der Waals surface area contributed by atoms with Gasteiger partial charge >= 0.3 is 0 Å². The Morgan fingerprint density at radius 3 is 2.23 bits per heavy atom. The minimum atomic E-state index is -0.161. The van der Waals surface area contributed by atoms with E-state index in [1.165, 1.54) is 0 Å². The van der Waals surface area contributed by atoms with Gasteiger partial charge in [0, 0.05) is 31.1 Å². The molecule has 1 heterocycles. The summed E-state index contributed by atoms with van der Waals surface area (Å²) < 4.78 is 0. The van der Waals surface area contributed by atoms with Crippen LogP contribution in [-0.2, 0) is 4.79 Å². The highest BCUT2D eigenvalue weighted by Crippen LogP contribution is 2.20. The average Bonchev–Trinajstić information content (AvgIpc) is 2.33. The SMILES string of the molecule is CN(C)CC(C)(C)CNC(=O)C1CCN(CC(C)(C)N)CC1. The molecule has 0 aromatic heterocycles. The highest BCUT2D eigenvalue weighted by atomic mass is 16.1. The average molecular weight is 313 g/mol. The van der Waals surface area contributed by atoms with Crippen molar-refractivity contribution in [2.45, 2.75) is 46.1 Å². The predicted molar refractivity (Wildman–Crippen MR) is 92.8 cm³/mol. The fourth-order valence-electron chi connectivity index (χ4n) is 3.31. The molecule has 0 radical (unpaired) electrons. The Hall–Kier alpha value is -0.650. The number of rotatable bonds is 7. The lowest BCUT2D eigenvalue weighted by molar-refractivity contribution is -0.127. The smallest absolute Gasteiger partial charge is 0.223 e. The molecule has 0 saturated carbocycles. The van der Waals surface area contributed by atoms with Gasteiger partial charge in [-0.3, -0.25) is 4.79 Å². The van der Waals surface area contributed by atoms with Crippen LogP contribution in [0.2, 0.25) is 0 Å². The Morgan fingerprint density at radius 1 is 1.23 bits per heavy atom. The van der Waals surface area contributed by atoms with E-state index in [0.29, 0.717) is 0 Å². The van der Waals surface area contributed by atoms with E-state index >= 15 is 0 Å². The van der Waals surface area contributed by atoms with Gasteiger partial charge in [-0.25, -0.2) is 0 Å². The molecule has 130 valence electrons. The van der Waals surface area contributed by atoms with Gasteiger partial charge in [0.25, 0.3) is 0 Å². The minimum absolute atomic E-state index is 0.101. The van der Waals surface area contributed by atoms with Crippen molar-refractivity contribution < 1.29 is 4.79 Å². The highest BCUT2D eigenvalue weighted by molar-refractivity contribution is 5.78. The zero-order chi connectivity index (χ0) is 17.0. The highest BCUT2D eigenvalue weighted by Gasteiger charge is 2.28. The van der Waals surface area contributed by atoms with Crippen molar-refractivity contribution in [3.05, 3.63) is 0 Å². The molecule has 0 spiro atoms. The summed E-state index contributed by atoms with van der Waals surface area (Å²) >= 11 is 0. The number of carbonyl (C=O) groups is 1. The Balaban J connectivity index is 2.34. The van der Waals surface area contributed by atoms with Crippen molar-refractivity contribution in [2.24, 2.45) is 17.1 Å². The number of nitrogens with two attached hydrogens (primary N) is 1. The molecule has 1 aliphatic heterocycles. The van der Waals surface area contributed by atoms with Gasteiger partial charge in [-0.2, -0.15) is 0 Å². The number of hydrogen-bond acceptors (Lipinski definition) is 4. The molecular formula is C17H36N4O. The topological polar surface area (TPSA) is 61.6 Å². The van der Waals surface area contributed by atoms with E-state index in [0.717, 1.165) is 45.6 Å². The summed E-state index contributed by atoms with van der Waals surface area (Å²) in [6, 6.07) is 0. The monoisotopic (exact) mass is 312 g/mol. The van der Waals surface area contributed by atoms with Crippen molar-refractivity contribution >= 4 is 5.91 Å². The molecule has 0 unspecified atom stereocenters. The van der Waals surface area contributed by atoms with Crippen LogP contribution in [0.3, 0.4) is 0 Å². The molecule has 0 atom stereocenters. The third-order valence-electron chi connectivity index (χ3n) is 4.07. The van der Waals surface area contributed by atoms with Gasteiger partial charge < -0.3 is 20.9 Å². The first-order valence-electron chi connectivity index (χ1n) is 8.42. The number of carbonyl (C=O) groups excluding carboxylic acids is 1. The fourth-order valence-corrected chi connectivity index (χ4v) is 3.31. The maximum atomic E-state index is 12.4. The first-order valence-corrected chi connectivity index (χ1v) is 8.42. The zero-order valence-corrected chi connectivity index (χ0v) is 15.4. The number of nitrogens with zero attached hydrogens (tertiary/aromatic N) is 2. The molecule has 5 nitrogen and oxygen atoms in total. The standard InChI is InChI=1S/C17H36N4O/c1-16(2,12-20(5)6)11-19-15(22)14-7-9-21(10-8-14)13-17(3,4)18/h14H,7-13,18H2,1-6H3,(H,19,22). The minimum Gasteiger partial charge on any atom is -0.355 e. The van der Waals surface area contributed by atoms with E-state index in [9.17, 15) is 4.79 Å². The lowest BCUT2D eigenvalue weighted by atomic mass is 9.91. The summed E-state index contributed by atoms with van der Waals surface area (Å²) in [6.45, 7) is 13.0. The van der Waals surface area contributed by atoms with Gasteiger partial charge in [-0.15, -0.1) is 0 Å². The third-order valence-corrected chi connectivity index (χ3v) is 4.07. The maximum Gasteiger partial charge on any atom is 0.223 e. The molecule has 0 aromatic rings. The van der Waals surface area contributed by atoms with E-state index in [1.54, 1.807) is 0 Å². The van der Waals surface area contributed by atoms with Gasteiger partial charge in [0.1, 0.15) is 0 Å². The second-order valence-corrected chi connectivity index (χ2v) is 8.66. The van der Waals surface area contributed by atoms with Crippen LogP contribution in [0.15, 0.2) is 0 Å². The van der Waals surface area contributed by atoms with E-state index in [4.69, 9.17) is 5.73 Å². The molecule has 1 rings (SSSR count). The van der Waals surface area contributed by atoms with E-state index in [2.05, 4.69) is 56.9 Å². The van der Waals surface area contributed by atoms with Crippen LogP contribution in [0, 0.1) is 11.3 Å². The van der Waals surface area contributed by atoms with Crippen LogP contribution in [-0.4, -0.2) is 68.1 Å². The van der Waals surface area contributed by atoms with E-state index in [-0.39, 0.29) is 22.8 Å². The number of hydrogen-bond donors (Lipinski definition) is 2. The van der Waals surface area contributed by atoms with Crippen molar-refractivity contribution in [3.8, 4) is 0 Å². The van der Waals surface area contributed by atoms with E-state index in [1.807, 2.05) is 0 Å².